The molecule has 0 bridgehead atoms. The van der Waals surface area contributed by atoms with Crippen LogP contribution in [0.3, 0.4) is 0 Å². The van der Waals surface area contributed by atoms with Crippen LogP contribution in [0.5, 0.6) is 0 Å². The van der Waals surface area contributed by atoms with Gasteiger partial charge in [0.2, 0.25) is 0 Å². The number of rotatable bonds is 9. The predicted molar refractivity (Wildman–Crippen MR) is 158 cm³/mol. The summed E-state index contributed by atoms with van der Waals surface area (Å²) in [6.45, 7) is 6.87. The van der Waals surface area contributed by atoms with Gasteiger partial charge in [0.1, 0.15) is 0 Å². The van der Waals surface area contributed by atoms with Gasteiger partial charge in [0.25, 0.3) is 5.91 Å². The van der Waals surface area contributed by atoms with Crippen LogP contribution in [0.25, 0.3) is 22.0 Å². The average molecular weight is 525 g/mol. The largest absolute Gasteiger partial charge is 0.462 e. The molecule has 1 amide bonds. The number of esters is 1. The third-order valence-corrected chi connectivity index (χ3v) is 7.14. The zero-order valence-corrected chi connectivity index (χ0v) is 22.6. The maximum atomic E-state index is 13.9. The molecule has 7 nitrogen and oxygen atoms in total. The molecular weight excluding hydrogens is 488 g/mol. The highest BCUT2D eigenvalue weighted by Gasteiger charge is 2.26. The fourth-order valence-electron chi connectivity index (χ4n) is 5.04. The lowest BCUT2D eigenvalue weighted by Crippen LogP contribution is -2.32. The lowest BCUT2D eigenvalue weighted by molar-refractivity contribution is 0.0501. The molecule has 0 saturated heterocycles. The van der Waals surface area contributed by atoms with Crippen molar-refractivity contribution in [3.8, 4) is 11.1 Å². The molecule has 0 radical (unpaired) electrons. The second kappa shape index (κ2) is 12.2. The summed E-state index contributed by atoms with van der Waals surface area (Å²) >= 11 is 0. The molecule has 1 aromatic heterocycles. The van der Waals surface area contributed by atoms with Crippen molar-refractivity contribution in [2.45, 2.75) is 39.2 Å². The fourth-order valence-corrected chi connectivity index (χ4v) is 5.04. The first kappa shape index (κ1) is 26.5. The molecule has 1 aliphatic heterocycles. The van der Waals surface area contributed by atoms with E-state index in [4.69, 9.17) is 4.74 Å². The van der Waals surface area contributed by atoms with Crippen molar-refractivity contribution in [3.05, 3.63) is 84.1 Å². The number of hydrogen-bond acceptors (Lipinski definition) is 5. The fraction of sp³-hybridized carbons (Fsp3) is 0.312. The molecule has 2 heterocycles. The minimum atomic E-state index is -0.420. The smallest absolute Gasteiger partial charge is 0.338 e. The normalized spacial score (nSPS) is 14.9. The van der Waals surface area contributed by atoms with E-state index in [1.807, 2.05) is 66.9 Å². The van der Waals surface area contributed by atoms with Crippen molar-refractivity contribution < 1.29 is 14.3 Å². The number of H-pyrrole nitrogens is 1. The summed E-state index contributed by atoms with van der Waals surface area (Å²) < 4.78 is 5.69. The number of nitrogens with zero attached hydrogens (tertiary/aromatic N) is 1. The number of aromatic nitrogens is 1. The number of ether oxygens (including phenoxy) is 1. The minimum absolute atomic E-state index is 0.135. The van der Waals surface area contributed by atoms with E-state index in [0.29, 0.717) is 24.3 Å². The van der Waals surface area contributed by atoms with Crippen LogP contribution < -0.4 is 15.5 Å². The second-order valence-corrected chi connectivity index (χ2v) is 10.1. The van der Waals surface area contributed by atoms with E-state index in [2.05, 4.69) is 29.5 Å². The maximum Gasteiger partial charge on any atom is 0.338 e. The van der Waals surface area contributed by atoms with E-state index >= 15 is 0 Å². The Morgan fingerprint density at radius 3 is 2.79 bits per heavy atom. The van der Waals surface area contributed by atoms with Crippen LogP contribution in [-0.4, -0.2) is 49.1 Å². The number of aromatic amines is 1. The summed E-state index contributed by atoms with van der Waals surface area (Å²) in [5.74, 6) is -0.556. The van der Waals surface area contributed by atoms with Gasteiger partial charge in [0.15, 0.2) is 0 Å². The molecule has 5 rings (SSSR count). The van der Waals surface area contributed by atoms with Crippen LogP contribution in [0, 0.1) is 0 Å². The Balaban J connectivity index is 1.46. The Labute approximate surface area is 229 Å². The number of anilines is 2. The summed E-state index contributed by atoms with van der Waals surface area (Å²) in [6.07, 6.45) is 4.50. The topological polar surface area (TPSA) is 86.5 Å². The van der Waals surface area contributed by atoms with Gasteiger partial charge in [-0.25, -0.2) is 4.79 Å². The summed E-state index contributed by atoms with van der Waals surface area (Å²) in [7, 11) is 0. The molecule has 0 fully saturated rings. The van der Waals surface area contributed by atoms with Crippen LogP contribution in [0.4, 0.5) is 11.4 Å². The number of hydrogen-bond donors (Lipinski definition) is 3. The Morgan fingerprint density at radius 1 is 1.05 bits per heavy atom. The molecule has 1 atom stereocenters. The Hall–Kier alpha value is -4.10. The lowest BCUT2D eigenvalue weighted by Gasteiger charge is -2.23. The highest BCUT2D eigenvalue weighted by Crippen LogP contribution is 2.33. The first-order chi connectivity index (χ1) is 19.0. The SMILES string of the molecule is CCCNCCCOC(=O)c1cc(C(=O)N2CC[C@H](C)Nc3ccccc32)ccc1-c1ccc2[nH]ccc2c1. The van der Waals surface area contributed by atoms with Gasteiger partial charge in [0.05, 0.1) is 23.5 Å². The third-order valence-electron chi connectivity index (χ3n) is 7.14. The molecule has 0 unspecified atom stereocenters. The van der Waals surface area contributed by atoms with E-state index in [1.54, 1.807) is 11.0 Å². The number of benzene rings is 3. The van der Waals surface area contributed by atoms with Crippen LogP contribution in [0.1, 0.15) is 53.8 Å². The van der Waals surface area contributed by atoms with Gasteiger partial charge >= 0.3 is 5.97 Å². The Bertz CT molecular complexity index is 1460. The van der Waals surface area contributed by atoms with Crippen LogP contribution >= 0.6 is 0 Å². The molecular formula is C32H36N4O3. The van der Waals surface area contributed by atoms with Gasteiger partial charge in [-0.1, -0.05) is 31.2 Å². The highest BCUT2D eigenvalue weighted by molar-refractivity contribution is 6.10. The molecule has 0 saturated carbocycles. The van der Waals surface area contributed by atoms with Gasteiger partial charge in [-0.05, 0) is 98.3 Å². The van der Waals surface area contributed by atoms with Gasteiger partial charge in [-0.15, -0.1) is 0 Å². The van der Waals surface area contributed by atoms with Gasteiger partial charge in [-0.3, -0.25) is 4.79 Å². The van der Waals surface area contributed by atoms with Crippen LogP contribution in [-0.2, 0) is 4.74 Å². The molecule has 3 aromatic carbocycles. The number of carbonyl (C=O) groups is 2. The second-order valence-electron chi connectivity index (χ2n) is 10.1. The standard InChI is InChI=1S/C32H36N4O3/c1-3-15-33-16-6-19-39-32(38)27-21-25(9-11-26(27)23-10-12-28-24(20-23)13-17-34-28)31(37)36-18-14-22(2)35-29-7-4-5-8-30(29)36/h4-5,7-13,17,20-22,33-35H,3,6,14-16,18-19H2,1-2H3/t22-/m0/s1. The number of fused-ring (bicyclic) bond motifs is 2. The number of nitrogens with one attached hydrogen (secondary N) is 3. The Kier molecular flexibility index (Phi) is 8.27. The van der Waals surface area contributed by atoms with Crippen molar-refractivity contribution in [2.75, 3.05) is 36.5 Å². The van der Waals surface area contributed by atoms with E-state index in [1.165, 1.54) is 0 Å². The number of para-hydroxylation sites is 2. The zero-order valence-electron chi connectivity index (χ0n) is 22.6. The van der Waals surface area contributed by atoms with Gasteiger partial charge in [0, 0.05) is 29.9 Å². The van der Waals surface area contributed by atoms with E-state index < -0.39 is 5.97 Å². The van der Waals surface area contributed by atoms with Crippen LogP contribution in [0.2, 0.25) is 0 Å². The summed E-state index contributed by atoms with van der Waals surface area (Å²) in [5.41, 5.74) is 5.30. The van der Waals surface area contributed by atoms with Crippen molar-refractivity contribution in [1.29, 1.82) is 0 Å². The minimum Gasteiger partial charge on any atom is -0.462 e. The number of amides is 1. The van der Waals surface area contributed by atoms with E-state index in [0.717, 1.165) is 65.8 Å². The van der Waals surface area contributed by atoms with Gasteiger partial charge < -0.3 is 25.3 Å². The van der Waals surface area contributed by atoms with Crippen molar-refractivity contribution in [2.24, 2.45) is 0 Å². The van der Waals surface area contributed by atoms with Crippen molar-refractivity contribution in [3.63, 3.8) is 0 Å². The zero-order chi connectivity index (χ0) is 27.2. The molecule has 1 aliphatic rings. The van der Waals surface area contributed by atoms with E-state index in [9.17, 15) is 9.59 Å². The highest BCUT2D eigenvalue weighted by atomic mass is 16.5. The molecule has 4 aromatic rings. The molecule has 39 heavy (non-hydrogen) atoms. The molecule has 7 heteroatoms. The molecule has 202 valence electrons. The van der Waals surface area contributed by atoms with Crippen LogP contribution in [0.15, 0.2) is 72.9 Å². The summed E-state index contributed by atoms with van der Waals surface area (Å²) in [5, 5.41) is 7.88. The molecule has 3 N–H and O–H groups in total. The maximum absolute atomic E-state index is 13.9. The summed E-state index contributed by atoms with van der Waals surface area (Å²) in [4.78, 5) is 32.3. The first-order valence-electron chi connectivity index (χ1n) is 13.8. The predicted octanol–water partition coefficient (Wildman–Crippen LogP) is 6.23. The van der Waals surface area contributed by atoms with Gasteiger partial charge in [-0.2, -0.15) is 0 Å². The summed E-state index contributed by atoms with van der Waals surface area (Å²) in [6, 6.07) is 21.5. The third kappa shape index (κ3) is 5.99. The number of carbonyl (C=O) groups excluding carboxylic acids is 2. The van der Waals surface area contributed by atoms with Crippen molar-refractivity contribution in [1.82, 2.24) is 10.3 Å². The molecule has 0 spiro atoms. The lowest BCUT2D eigenvalue weighted by atomic mass is 9.96. The van der Waals surface area contributed by atoms with Crippen molar-refractivity contribution >= 4 is 34.2 Å². The monoisotopic (exact) mass is 524 g/mol. The quantitative estimate of drug-likeness (QED) is 0.178. The van der Waals surface area contributed by atoms with E-state index in [-0.39, 0.29) is 11.9 Å². The first-order valence-corrected chi connectivity index (χ1v) is 13.8. The average Bonchev–Trinajstić information content (AvgIpc) is 3.36. The molecule has 0 aliphatic carbocycles. The Morgan fingerprint density at radius 2 is 1.92 bits per heavy atom.